The molecule has 1 aromatic carbocycles. The van der Waals surface area contributed by atoms with E-state index in [1.165, 1.54) is 31.7 Å². The van der Waals surface area contributed by atoms with Crippen LogP contribution in [0.1, 0.15) is 32.6 Å². The van der Waals surface area contributed by atoms with E-state index >= 15 is 0 Å². The summed E-state index contributed by atoms with van der Waals surface area (Å²) in [6.45, 7) is 2.18. The van der Waals surface area contributed by atoms with E-state index in [1.54, 1.807) is 6.07 Å². The first kappa shape index (κ1) is 14.1. The van der Waals surface area contributed by atoms with E-state index < -0.39 is 4.92 Å². The topological polar surface area (TPSA) is 93.2 Å². The minimum atomic E-state index is -0.395. The highest BCUT2D eigenvalue weighted by Crippen LogP contribution is 2.49. The maximum absolute atomic E-state index is 11.0. The Balaban J connectivity index is 1.74. The van der Waals surface area contributed by atoms with Gasteiger partial charge in [-0.25, -0.2) is 0 Å². The van der Waals surface area contributed by atoms with Gasteiger partial charge in [-0.2, -0.15) is 0 Å². The van der Waals surface area contributed by atoms with E-state index in [1.807, 2.05) is 6.07 Å². The highest BCUT2D eigenvalue weighted by Gasteiger charge is 2.41. The molecular weight excluding hydrogens is 268 g/mol. The van der Waals surface area contributed by atoms with Crippen molar-refractivity contribution in [1.29, 1.82) is 0 Å². The van der Waals surface area contributed by atoms with E-state index in [2.05, 4.69) is 17.7 Å². The van der Waals surface area contributed by atoms with E-state index in [-0.39, 0.29) is 5.69 Å². The predicted molar refractivity (Wildman–Crippen MR) is 82.9 cm³/mol. The lowest BCUT2D eigenvalue weighted by Crippen LogP contribution is -2.30. The third-order valence-electron chi connectivity index (χ3n) is 5.12. The molecule has 1 aromatic rings. The van der Waals surface area contributed by atoms with Crippen molar-refractivity contribution in [1.82, 2.24) is 0 Å². The van der Waals surface area contributed by atoms with Crippen LogP contribution in [-0.4, -0.2) is 11.0 Å². The molecule has 0 spiro atoms. The minimum Gasteiger partial charge on any atom is -0.382 e. The maximum Gasteiger partial charge on any atom is 0.273 e. The molecule has 6 heteroatoms. The van der Waals surface area contributed by atoms with Crippen LogP contribution in [0.4, 0.5) is 17.1 Å². The molecule has 0 saturated heterocycles. The van der Waals surface area contributed by atoms with Crippen molar-refractivity contribution in [2.75, 3.05) is 10.7 Å². The molecule has 2 fully saturated rings. The minimum absolute atomic E-state index is 0.0492. The summed E-state index contributed by atoms with van der Waals surface area (Å²) in [5.41, 5.74) is 3.84. The smallest absolute Gasteiger partial charge is 0.273 e. The number of nitro benzene ring substituents is 1. The molecule has 0 aromatic heterocycles. The number of non-ortho nitro benzene ring substituents is 1. The zero-order valence-corrected chi connectivity index (χ0v) is 12.2. The standard InChI is InChI=1S/C15H22N4O2/c1-9(15-5-10-2-3-11(15)4-10)17-12-6-13(18-16)8-14(7-12)19(20)21/h6-11,15,17-18H,2-5,16H2,1H3. The van der Waals surface area contributed by atoms with Gasteiger partial charge in [-0.05, 0) is 50.0 Å². The third-order valence-corrected chi connectivity index (χ3v) is 5.12. The van der Waals surface area contributed by atoms with Gasteiger partial charge in [0.15, 0.2) is 0 Å². The Bertz CT molecular complexity index is 548. The van der Waals surface area contributed by atoms with Crippen LogP contribution < -0.4 is 16.6 Å². The van der Waals surface area contributed by atoms with Crippen molar-refractivity contribution in [2.24, 2.45) is 23.6 Å². The predicted octanol–water partition coefficient (Wildman–Crippen LogP) is 3.12. The summed E-state index contributed by atoms with van der Waals surface area (Å²) in [7, 11) is 0. The van der Waals surface area contributed by atoms with Crippen LogP contribution in [0.15, 0.2) is 18.2 Å². The third kappa shape index (κ3) is 2.81. The van der Waals surface area contributed by atoms with Crippen LogP contribution in [-0.2, 0) is 0 Å². The summed E-state index contributed by atoms with van der Waals surface area (Å²) in [4.78, 5) is 10.6. The number of nitrogens with two attached hydrogens (primary N) is 1. The van der Waals surface area contributed by atoms with Crippen molar-refractivity contribution in [3.63, 3.8) is 0 Å². The summed E-state index contributed by atoms with van der Waals surface area (Å²) >= 11 is 0. The van der Waals surface area contributed by atoms with Crippen molar-refractivity contribution in [3.8, 4) is 0 Å². The summed E-state index contributed by atoms with van der Waals surface area (Å²) in [6.07, 6.45) is 5.37. The molecule has 2 bridgehead atoms. The number of nitro groups is 1. The van der Waals surface area contributed by atoms with Crippen molar-refractivity contribution >= 4 is 17.1 Å². The summed E-state index contributed by atoms with van der Waals surface area (Å²) in [5, 5.41) is 14.4. The van der Waals surface area contributed by atoms with Gasteiger partial charge < -0.3 is 10.7 Å². The SMILES string of the molecule is CC(Nc1cc(NN)cc([N+](=O)[O-])c1)C1CC2CCC1C2. The number of hydrogen-bond acceptors (Lipinski definition) is 5. The Hall–Kier alpha value is -1.82. The van der Waals surface area contributed by atoms with E-state index in [9.17, 15) is 10.1 Å². The molecule has 3 rings (SSSR count). The number of nitrogens with one attached hydrogen (secondary N) is 2. The quantitative estimate of drug-likeness (QED) is 0.440. The number of hydrazine groups is 1. The highest BCUT2D eigenvalue weighted by atomic mass is 16.6. The molecular formula is C15H22N4O2. The molecule has 6 nitrogen and oxygen atoms in total. The Morgan fingerprint density at radius 2 is 2.05 bits per heavy atom. The molecule has 2 aliphatic rings. The lowest BCUT2D eigenvalue weighted by Gasteiger charge is -2.29. The van der Waals surface area contributed by atoms with Gasteiger partial charge in [0.1, 0.15) is 0 Å². The van der Waals surface area contributed by atoms with Crippen LogP contribution in [0, 0.1) is 27.9 Å². The largest absolute Gasteiger partial charge is 0.382 e. The van der Waals surface area contributed by atoms with Crippen LogP contribution in [0.2, 0.25) is 0 Å². The fraction of sp³-hybridized carbons (Fsp3) is 0.600. The number of benzene rings is 1. The zero-order chi connectivity index (χ0) is 15.0. The van der Waals surface area contributed by atoms with Gasteiger partial charge >= 0.3 is 0 Å². The van der Waals surface area contributed by atoms with Gasteiger partial charge in [0, 0.05) is 23.9 Å². The first-order valence-corrected chi connectivity index (χ1v) is 7.59. The van der Waals surface area contributed by atoms with Crippen LogP contribution in [0.25, 0.3) is 0 Å². The maximum atomic E-state index is 11.0. The molecule has 0 heterocycles. The number of nitrogen functional groups attached to an aromatic ring is 1. The summed E-state index contributed by atoms with van der Waals surface area (Å²) in [5.74, 6) is 7.79. The first-order valence-electron chi connectivity index (χ1n) is 7.59. The fourth-order valence-corrected chi connectivity index (χ4v) is 4.16. The average Bonchev–Trinajstić information content (AvgIpc) is 3.09. The van der Waals surface area contributed by atoms with E-state index in [0.29, 0.717) is 17.6 Å². The summed E-state index contributed by atoms with van der Waals surface area (Å²) in [6, 6.07) is 5.15. The van der Waals surface area contributed by atoms with Crippen molar-refractivity contribution in [2.45, 2.75) is 38.6 Å². The Morgan fingerprint density at radius 1 is 1.29 bits per heavy atom. The molecule has 114 valence electrons. The molecule has 21 heavy (non-hydrogen) atoms. The second-order valence-electron chi connectivity index (χ2n) is 6.44. The van der Waals surface area contributed by atoms with Gasteiger partial charge in [-0.15, -0.1) is 0 Å². The fourth-order valence-electron chi connectivity index (χ4n) is 4.16. The Morgan fingerprint density at radius 3 is 2.62 bits per heavy atom. The van der Waals surface area contributed by atoms with Crippen LogP contribution in [0.3, 0.4) is 0 Å². The number of fused-ring (bicyclic) bond motifs is 2. The number of hydrogen-bond donors (Lipinski definition) is 3. The second-order valence-corrected chi connectivity index (χ2v) is 6.44. The zero-order valence-electron chi connectivity index (χ0n) is 12.2. The number of nitrogens with zero attached hydrogens (tertiary/aromatic N) is 1. The summed E-state index contributed by atoms with van der Waals surface area (Å²) < 4.78 is 0. The van der Waals surface area contributed by atoms with E-state index in [4.69, 9.17) is 5.84 Å². The normalized spacial score (nSPS) is 28.4. The Kier molecular flexibility index (Phi) is 3.71. The lowest BCUT2D eigenvalue weighted by atomic mass is 9.84. The average molecular weight is 290 g/mol. The van der Waals surface area contributed by atoms with Gasteiger partial charge in [-0.3, -0.25) is 16.0 Å². The van der Waals surface area contributed by atoms with Crippen LogP contribution in [0.5, 0.6) is 0 Å². The molecule has 4 N–H and O–H groups in total. The van der Waals surface area contributed by atoms with Gasteiger partial charge in [0.2, 0.25) is 0 Å². The molecule has 2 aliphatic carbocycles. The molecule has 0 radical (unpaired) electrons. The number of rotatable bonds is 5. The van der Waals surface area contributed by atoms with E-state index in [0.717, 1.165) is 17.5 Å². The first-order chi connectivity index (χ1) is 10.1. The molecule has 4 unspecified atom stereocenters. The molecule has 2 saturated carbocycles. The molecule has 0 amide bonds. The van der Waals surface area contributed by atoms with Crippen LogP contribution >= 0.6 is 0 Å². The Labute approximate surface area is 124 Å². The molecule has 0 aliphatic heterocycles. The second kappa shape index (κ2) is 5.52. The van der Waals surface area contributed by atoms with Gasteiger partial charge in [-0.1, -0.05) is 6.42 Å². The van der Waals surface area contributed by atoms with Gasteiger partial charge in [0.25, 0.3) is 5.69 Å². The highest BCUT2D eigenvalue weighted by molar-refractivity contribution is 5.63. The van der Waals surface area contributed by atoms with Crippen molar-refractivity contribution in [3.05, 3.63) is 28.3 Å². The monoisotopic (exact) mass is 290 g/mol. The van der Waals surface area contributed by atoms with Crippen molar-refractivity contribution < 1.29 is 4.92 Å². The van der Waals surface area contributed by atoms with Gasteiger partial charge in [0.05, 0.1) is 10.6 Å². The lowest BCUT2D eigenvalue weighted by molar-refractivity contribution is -0.384. The molecule has 4 atom stereocenters. The number of anilines is 2.